The molecule has 156 valence electrons. The minimum absolute atomic E-state index is 0.109. The maximum absolute atomic E-state index is 12.7. The highest BCUT2D eigenvalue weighted by Crippen LogP contribution is 2.36. The zero-order chi connectivity index (χ0) is 21.0. The van der Waals surface area contributed by atoms with Crippen LogP contribution in [0.4, 0.5) is 10.5 Å². The lowest BCUT2D eigenvalue weighted by Crippen LogP contribution is -2.46. The van der Waals surface area contributed by atoms with Crippen LogP contribution in [0.5, 0.6) is 0 Å². The fourth-order valence-corrected chi connectivity index (χ4v) is 4.79. The molecule has 2 amide bonds. The highest BCUT2D eigenvalue weighted by molar-refractivity contribution is 8.15. The monoisotopic (exact) mass is 440 g/mol. The number of anilines is 1. The topological polar surface area (TPSA) is 57.1 Å². The second-order valence-corrected chi connectivity index (χ2v) is 9.02. The first-order chi connectivity index (χ1) is 14.6. The number of urea groups is 1. The van der Waals surface area contributed by atoms with Crippen LogP contribution in [-0.2, 0) is 0 Å². The van der Waals surface area contributed by atoms with Gasteiger partial charge in [0.25, 0.3) is 0 Å². The molecule has 1 spiro atoms. The van der Waals surface area contributed by atoms with Crippen LogP contribution in [0.1, 0.15) is 31.7 Å². The van der Waals surface area contributed by atoms with Gasteiger partial charge in [0.15, 0.2) is 5.66 Å². The Hall–Kier alpha value is -2.31. The lowest BCUT2D eigenvalue weighted by molar-refractivity contribution is 0.175. The molecule has 0 bridgehead atoms. The van der Waals surface area contributed by atoms with Gasteiger partial charge in [0.05, 0.1) is 5.71 Å². The molecule has 0 aromatic heterocycles. The van der Waals surface area contributed by atoms with Gasteiger partial charge in [0, 0.05) is 42.2 Å². The molecular formula is C23H25ClN4OS. The Labute approximate surface area is 186 Å². The first kappa shape index (κ1) is 20.9. The zero-order valence-electron chi connectivity index (χ0n) is 17.0. The lowest BCUT2D eigenvalue weighted by atomic mass is 9.98. The van der Waals surface area contributed by atoms with Crippen molar-refractivity contribution in [1.82, 2.24) is 4.90 Å². The molecule has 0 unspecified atom stereocenters. The molecule has 4 rings (SSSR count). The molecule has 0 saturated carbocycles. The summed E-state index contributed by atoms with van der Waals surface area (Å²) < 4.78 is 0. The van der Waals surface area contributed by atoms with Crippen LogP contribution < -0.4 is 5.32 Å². The van der Waals surface area contributed by atoms with E-state index in [1.807, 2.05) is 35.2 Å². The molecule has 2 aliphatic rings. The van der Waals surface area contributed by atoms with Crippen LogP contribution in [0.25, 0.3) is 0 Å². The van der Waals surface area contributed by atoms with Gasteiger partial charge >= 0.3 is 6.03 Å². The second-order valence-electron chi connectivity index (χ2n) is 7.50. The Morgan fingerprint density at radius 3 is 2.60 bits per heavy atom. The van der Waals surface area contributed by atoms with Crippen molar-refractivity contribution < 1.29 is 4.79 Å². The number of piperidine rings is 1. The number of carbonyl (C=O) groups is 1. The third-order valence-electron chi connectivity index (χ3n) is 5.25. The standard InChI is InChI=1S/C23H25ClN4OS/c1-2-15-30-21-20(17-7-4-3-5-8-17)26-23(27-21)11-13-28(14-12-23)22(29)25-19-10-6-9-18(24)16-19/h3-10,16H,2,11-15H2,1H3,(H,25,29). The van der Waals surface area contributed by atoms with Crippen LogP contribution in [0.2, 0.25) is 5.02 Å². The number of amides is 2. The summed E-state index contributed by atoms with van der Waals surface area (Å²) in [6, 6.07) is 17.4. The van der Waals surface area contributed by atoms with E-state index in [0.717, 1.165) is 41.3 Å². The summed E-state index contributed by atoms with van der Waals surface area (Å²) >= 11 is 7.79. The number of nitrogens with zero attached hydrogens (tertiary/aromatic N) is 3. The number of carbonyl (C=O) groups excluding carboxylic acids is 1. The predicted molar refractivity (Wildman–Crippen MR) is 127 cm³/mol. The van der Waals surface area contributed by atoms with Gasteiger partial charge in [0.2, 0.25) is 0 Å². The van der Waals surface area contributed by atoms with E-state index < -0.39 is 5.66 Å². The minimum atomic E-state index is -0.450. The summed E-state index contributed by atoms with van der Waals surface area (Å²) in [6.07, 6.45) is 2.54. The molecule has 0 aliphatic carbocycles. The van der Waals surface area contributed by atoms with Crippen LogP contribution in [-0.4, -0.2) is 46.2 Å². The summed E-state index contributed by atoms with van der Waals surface area (Å²) in [5.74, 6) is 1.02. The summed E-state index contributed by atoms with van der Waals surface area (Å²) in [4.78, 5) is 24.7. The maximum Gasteiger partial charge on any atom is 0.321 e. The smallest absolute Gasteiger partial charge is 0.321 e. The third-order valence-corrected chi connectivity index (χ3v) is 6.66. The number of benzene rings is 2. The van der Waals surface area contributed by atoms with Crippen molar-refractivity contribution in [1.29, 1.82) is 0 Å². The van der Waals surface area contributed by atoms with Gasteiger partial charge in [-0.25, -0.2) is 9.79 Å². The molecule has 1 N–H and O–H groups in total. The van der Waals surface area contributed by atoms with E-state index in [1.165, 1.54) is 0 Å². The predicted octanol–water partition coefficient (Wildman–Crippen LogP) is 5.71. The quantitative estimate of drug-likeness (QED) is 0.662. The molecule has 2 aromatic carbocycles. The van der Waals surface area contributed by atoms with Gasteiger partial charge in [-0.05, 0) is 30.4 Å². The first-order valence-corrected chi connectivity index (χ1v) is 11.6. The molecule has 1 saturated heterocycles. The summed E-state index contributed by atoms with van der Waals surface area (Å²) in [5, 5.41) is 4.56. The Bertz CT molecular complexity index is 968. The summed E-state index contributed by atoms with van der Waals surface area (Å²) in [7, 11) is 0. The van der Waals surface area contributed by atoms with Gasteiger partial charge in [-0.3, -0.25) is 4.99 Å². The normalized spacial score (nSPS) is 17.6. The highest BCUT2D eigenvalue weighted by atomic mass is 35.5. The minimum Gasteiger partial charge on any atom is -0.324 e. The van der Waals surface area contributed by atoms with Crippen molar-refractivity contribution in [2.45, 2.75) is 31.8 Å². The summed E-state index contributed by atoms with van der Waals surface area (Å²) in [5.41, 5.74) is 2.35. The molecule has 0 atom stereocenters. The molecule has 5 nitrogen and oxygen atoms in total. The molecule has 2 aromatic rings. The number of likely N-dealkylation sites (tertiary alicyclic amines) is 1. The van der Waals surface area contributed by atoms with Crippen molar-refractivity contribution in [3.63, 3.8) is 0 Å². The van der Waals surface area contributed by atoms with Crippen LogP contribution in [0, 0.1) is 0 Å². The van der Waals surface area contributed by atoms with E-state index in [2.05, 4.69) is 24.4 Å². The van der Waals surface area contributed by atoms with Crippen LogP contribution in [0.3, 0.4) is 0 Å². The van der Waals surface area contributed by atoms with Crippen molar-refractivity contribution in [2.75, 3.05) is 24.2 Å². The molecule has 2 heterocycles. The van der Waals surface area contributed by atoms with E-state index in [4.69, 9.17) is 21.6 Å². The third kappa shape index (κ3) is 4.71. The molecule has 30 heavy (non-hydrogen) atoms. The van der Waals surface area contributed by atoms with E-state index in [0.29, 0.717) is 23.8 Å². The van der Waals surface area contributed by atoms with Crippen LogP contribution >= 0.6 is 23.4 Å². The molecule has 1 fully saturated rings. The van der Waals surface area contributed by atoms with Gasteiger partial charge in [-0.1, -0.05) is 54.9 Å². The van der Waals surface area contributed by atoms with Crippen molar-refractivity contribution in [3.8, 4) is 0 Å². The van der Waals surface area contributed by atoms with E-state index in [-0.39, 0.29) is 6.03 Å². The Morgan fingerprint density at radius 2 is 1.90 bits per heavy atom. The van der Waals surface area contributed by atoms with Crippen molar-refractivity contribution >= 4 is 45.8 Å². The second kappa shape index (κ2) is 9.23. The maximum atomic E-state index is 12.7. The van der Waals surface area contributed by atoms with E-state index in [1.54, 1.807) is 23.9 Å². The SMILES string of the molecule is CCCSC1=NC2(CCN(C(=O)Nc3cccc(Cl)c3)CC2)N=C1c1ccccc1. The van der Waals surface area contributed by atoms with Gasteiger partial charge < -0.3 is 10.2 Å². The lowest BCUT2D eigenvalue weighted by Gasteiger charge is -2.35. The van der Waals surface area contributed by atoms with Crippen molar-refractivity contribution in [3.05, 3.63) is 65.2 Å². The van der Waals surface area contributed by atoms with Crippen molar-refractivity contribution in [2.24, 2.45) is 9.98 Å². The zero-order valence-corrected chi connectivity index (χ0v) is 18.5. The number of aliphatic imine (C=N–C) groups is 2. The molecular weight excluding hydrogens is 416 g/mol. The molecule has 7 heteroatoms. The number of hydrogen-bond acceptors (Lipinski definition) is 4. The number of nitrogens with one attached hydrogen (secondary N) is 1. The van der Waals surface area contributed by atoms with Gasteiger partial charge in [-0.2, -0.15) is 0 Å². The Kier molecular flexibility index (Phi) is 6.44. The van der Waals surface area contributed by atoms with E-state index in [9.17, 15) is 4.79 Å². The highest BCUT2D eigenvalue weighted by Gasteiger charge is 2.40. The average molecular weight is 441 g/mol. The van der Waals surface area contributed by atoms with E-state index >= 15 is 0 Å². The number of halogens is 1. The Morgan fingerprint density at radius 1 is 1.13 bits per heavy atom. The van der Waals surface area contributed by atoms with Gasteiger partial charge in [-0.15, -0.1) is 11.8 Å². The number of rotatable bonds is 4. The number of hydrogen-bond donors (Lipinski definition) is 1. The number of thioether (sulfide) groups is 1. The fraction of sp³-hybridized carbons (Fsp3) is 0.348. The molecule has 0 radical (unpaired) electrons. The largest absolute Gasteiger partial charge is 0.324 e. The Balaban J connectivity index is 1.46. The molecule has 2 aliphatic heterocycles. The fourth-order valence-electron chi connectivity index (χ4n) is 3.67. The van der Waals surface area contributed by atoms with Crippen LogP contribution in [0.15, 0.2) is 64.6 Å². The van der Waals surface area contributed by atoms with Gasteiger partial charge in [0.1, 0.15) is 5.04 Å². The average Bonchev–Trinajstić information content (AvgIpc) is 3.11. The summed E-state index contributed by atoms with van der Waals surface area (Å²) in [6.45, 7) is 3.41. The first-order valence-electron chi connectivity index (χ1n) is 10.3.